The monoisotopic (exact) mass is 303 g/mol. The molecule has 0 heterocycles. The Morgan fingerprint density at radius 2 is 2.18 bits per heavy atom. The predicted molar refractivity (Wildman–Crippen MR) is 66.3 cm³/mol. The first-order valence-electron chi connectivity index (χ1n) is 4.91. The van der Waals surface area contributed by atoms with Crippen molar-refractivity contribution in [1.29, 1.82) is 0 Å². The van der Waals surface area contributed by atoms with E-state index in [1.807, 2.05) is 0 Å². The minimum atomic E-state index is -1.18. The van der Waals surface area contributed by atoms with E-state index in [2.05, 4.69) is 15.9 Å². The molecule has 0 saturated carbocycles. The Balaban J connectivity index is 3.18. The summed E-state index contributed by atoms with van der Waals surface area (Å²) in [5.74, 6) is -0.220. The molecule has 2 unspecified atom stereocenters. The van der Waals surface area contributed by atoms with E-state index in [4.69, 9.17) is 10.5 Å². The van der Waals surface area contributed by atoms with Crippen LogP contribution in [0.4, 0.5) is 0 Å². The van der Waals surface area contributed by atoms with Crippen molar-refractivity contribution < 1.29 is 19.7 Å². The number of carbonyl (C=O) groups excluding carboxylic acids is 1. The lowest BCUT2D eigenvalue weighted by Gasteiger charge is -2.18. The maximum Gasteiger partial charge on any atom is 0.249 e. The Hall–Kier alpha value is -1.11. The summed E-state index contributed by atoms with van der Waals surface area (Å²) in [5, 5.41) is 19.6. The smallest absolute Gasteiger partial charge is 0.249 e. The maximum absolute atomic E-state index is 11.3. The van der Waals surface area contributed by atoms with Gasteiger partial charge in [0.1, 0.15) is 11.9 Å². The molecule has 1 rings (SSSR count). The third-order valence-corrected chi connectivity index (χ3v) is 3.03. The van der Waals surface area contributed by atoms with E-state index in [-0.39, 0.29) is 16.5 Å². The van der Waals surface area contributed by atoms with Crippen LogP contribution in [-0.2, 0) is 0 Å². The number of ether oxygens (including phenoxy) is 1. The zero-order chi connectivity index (χ0) is 13.0. The molecule has 4 N–H and O–H groups in total. The number of amides is 1. The van der Waals surface area contributed by atoms with Crippen LogP contribution in [-0.4, -0.2) is 34.7 Å². The van der Waals surface area contributed by atoms with E-state index in [0.29, 0.717) is 5.75 Å². The fourth-order valence-corrected chi connectivity index (χ4v) is 1.78. The number of rotatable bonds is 5. The van der Waals surface area contributed by atoms with E-state index in [1.54, 1.807) is 6.07 Å². The molecule has 0 aliphatic heterocycles. The summed E-state index contributed by atoms with van der Waals surface area (Å²) in [4.78, 5) is 11.3. The molecule has 94 valence electrons. The largest absolute Gasteiger partial charge is 0.497 e. The predicted octanol–water partition coefficient (Wildman–Crippen LogP) is 0.583. The Morgan fingerprint density at radius 3 is 2.65 bits per heavy atom. The fraction of sp³-hybridized carbons (Fsp3) is 0.364. The van der Waals surface area contributed by atoms with Crippen molar-refractivity contribution in [3.63, 3.8) is 0 Å². The van der Waals surface area contributed by atoms with Gasteiger partial charge in [0, 0.05) is 10.9 Å². The molecule has 1 aromatic rings. The molecule has 0 aliphatic carbocycles. The SMILES string of the molecule is COc1ccc(C(O)C(O)CBr)c(C(N)=O)c1. The van der Waals surface area contributed by atoms with Gasteiger partial charge in [0.15, 0.2) is 0 Å². The van der Waals surface area contributed by atoms with Gasteiger partial charge in [-0.2, -0.15) is 0 Å². The summed E-state index contributed by atoms with van der Waals surface area (Å²) in [6, 6.07) is 4.53. The lowest BCUT2D eigenvalue weighted by Crippen LogP contribution is -2.23. The Bertz CT molecular complexity index is 410. The average molecular weight is 304 g/mol. The highest BCUT2D eigenvalue weighted by molar-refractivity contribution is 9.09. The van der Waals surface area contributed by atoms with Crippen molar-refractivity contribution in [2.75, 3.05) is 12.4 Å². The number of halogens is 1. The van der Waals surface area contributed by atoms with E-state index in [9.17, 15) is 15.0 Å². The number of aliphatic hydroxyl groups is 2. The van der Waals surface area contributed by atoms with Gasteiger partial charge in [-0.1, -0.05) is 22.0 Å². The summed E-state index contributed by atoms with van der Waals surface area (Å²) in [6.07, 6.45) is -2.19. The second-order valence-electron chi connectivity index (χ2n) is 3.48. The number of carbonyl (C=O) groups is 1. The van der Waals surface area contributed by atoms with Crippen molar-refractivity contribution in [3.8, 4) is 5.75 Å². The molecule has 0 spiro atoms. The number of aliphatic hydroxyl groups excluding tert-OH is 2. The molecule has 0 bridgehead atoms. The molecule has 6 heteroatoms. The Kier molecular flexibility index (Phi) is 4.92. The van der Waals surface area contributed by atoms with Gasteiger partial charge in [-0.3, -0.25) is 4.79 Å². The highest BCUT2D eigenvalue weighted by Gasteiger charge is 2.22. The van der Waals surface area contributed by atoms with Crippen LogP contribution < -0.4 is 10.5 Å². The Morgan fingerprint density at radius 1 is 1.53 bits per heavy atom. The van der Waals surface area contributed by atoms with Crippen LogP contribution in [0.3, 0.4) is 0 Å². The van der Waals surface area contributed by atoms with Gasteiger partial charge < -0.3 is 20.7 Å². The second-order valence-corrected chi connectivity index (χ2v) is 4.13. The molecule has 2 atom stereocenters. The van der Waals surface area contributed by atoms with Crippen LogP contribution in [0.5, 0.6) is 5.75 Å². The van der Waals surface area contributed by atoms with Gasteiger partial charge in [0.05, 0.1) is 13.2 Å². The third kappa shape index (κ3) is 3.18. The summed E-state index contributed by atoms with van der Waals surface area (Å²) < 4.78 is 4.97. The quantitative estimate of drug-likeness (QED) is 0.694. The number of alkyl halides is 1. The number of hydrogen-bond acceptors (Lipinski definition) is 4. The van der Waals surface area contributed by atoms with Gasteiger partial charge in [0.25, 0.3) is 0 Å². The van der Waals surface area contributed by atoms with Gasteiger partial charge in [-0.25, -0.2) is 0 Å². The zero-order valence-corrected chi connectivity index (χ0v) is 10.8. The maximum atomic E-state index is 11.3. The highest BCUT2D eigenvalue weighted by atomic mass is 79.9. The van der Waals surface area contributed by atoms with Crippen LogP contribution in [0, 0.1) is 0 Å². The summed E-state index contributed by atoms with van der Waals surface area (Å²) in [7, 11) is 1.46. The second kappa shape index (κ2) is 6.00. The van der Waals surface area contributed by atoms with Crippen molar-refractivity contribution >= 4 is 21.8 Å². The number of benzene rings is 1. The first-order chi connectivity index (χ1) is 8.01. The number of primary amides is 1. The minimum Gasteiger partial charge on any atom is -0.497 e. The number of hydrogen-bond donors (Lipinski definition) is 3. The summed E-state index contributed by atoms with van der Waals surface area (Å²) in [6.45, 7) is 0. The number of methoxy groups -OCH3 is 1. The Labute approximate surface area is 107 Å². The molecule has 0 aliphatic rings. The molecule has 0 radical (unpaired) electrons. The van der Waals surface area contributed by atoms with E-state index in [0.717, 1.165) is 0 Å². The van der Waals surface area contributed by atoms with E-state index < -0.39 is 18.1 Å². The van der Waals surface area contributed by atoms with Crippen molar-refractivity contribution in [3.05, 3.63) is 29.3 Å². The molecular weight excluding hydrogens is 290 g/mol. The molecule has 5 nitrogen and oxygen atoms in total. The standard InChI is InChI=1S/C11H14BrNO4/c1-17-6-2-3-7(8(4-6)11(13)16)10(15)9(14)5-12/h2-4,9-10,14-15H,5H2,1H3,(H2,13,16). The van der Waals surface area contributed by atoms with Crippen molar-refractivity contribution in [2.45, 2.75) is 12.2 Å². The first-order valence-corrected chi connectivity index (χ1v) is 6.03. The molecule has 0 fully saturated rings. The molecule has 17 heavy (non-hydrogen) atoms. The number of nitrogens with two attached hydrogens (primary N) is 1. The van der Waals surface area contributed by atoms with Crippen LogP contribution in [0.1, 0.15) is 22.0 Å². The van der Waals surface area contributed by atoms with Crippen LogP contribution in [0.15, 0.2) is 18.2 Å². The van der Waals surface area contributed by atoms with Gasteiger partial charge in [0.2, 0.25) is 5.91 Å². The highest BCUT2D eigenvalue weighted by Crippen LogP contribution is 2.25. The van der Waals surface area contributed by atoms with Gasteiger partial charge in [-0.15, -0.1) is 0 Å². The lowest BCUT2D eigenvalue weighted by atomic mass is 9.98. The molecular formula is C11H14BrNO4. The van der Waals surface area contributed by atoms with E-state index in [1.165, 1.54) is 19.2 Å². The summed E-state index contributed by atoms with van der Waals surface area (Å²) >= 11 is 3.05. The van der Waals surface area contributed by atoms with Crippen molar-refractivity contribution in [2.24, 2.45) is 5.73 Å². The van der Waals surface area contributed by atoms with Gasteiger partial charge >= 0.3 is 0 Å². The van der Waals surface area contributed by atoms with Crippen LogP contribution >= 0.6 is 15.9 Å². The molecule has 1 aromatic carbocycles. The van der Waals surface area contributed by atoms with E-state index >= 15 is 0 Å². The minimum absolute atomic E-state index is 0.136. The third-order valence-electron chi connectivity index (χ3n) is 2.37. The van der Waals surface area contributed by atoms with Crippen molar-refractivity contribution in [1.82, 2.24) is 0 Å². The molecule has 0 aromatic heterocycles. The van der Waals surface area contributed by atoms with Crippen LogP contribution in [0.2, 0.25) is 0 Å². The summed E-state index contributed by atoms with van der Waals surface area (Å²) in [5.41, 5.74) is 5.64. The lowest BCUT2D eigenvalue weighted by molar-refractivity contribution is 0.0336. The average Bonchev–Trinajstić information content (AvgIpc) is 2.35. The normalized spacial score (nSPS) is 14.1. The van der Waals surface area contributed by atoms with Gasteiger partial charge in [-0.05, 0) is 17.7 Å². The van der Waals surface area contributed by atoms with Crippen LogP contribution in [0.25, 0.3) is 0 Å². The fourth-order valence-electron chi connectivity index (χ4n) is 1.43. The zero-order valence-electron chi connectivity index (χ0n) is 9.26. The molecule has 0 saturated heterocycles. The first kappa shape index (κ1) is 14.0. The molecule has 1 amide bonds. The topological polar surface area (TPSA) is 92.8 Å².